The monoisotopic (exact) mass is 229 g/mol. The first kappa shape index (κ1) is 11.1. The van der Waals surface area contributed by atoms with Crippen molar-refractivity contribution in [2.45, 2.75) is 6.92 Å². The second kappa shape index (κ2) is 5.08. The molecule has 16 heavy (non-hydrogen) atoms. The summed E-state index contributed by atoms with van der Waals surface area (Å²) in [6.45, 7) is 2.97. The smallest absolute Gasteiger partial charge is 0.0545 e. The number of para-hydroxylation sites is 1. The van der Waals surface area contributed by atoms with E-state index in [2.05, 4.69) is 62.2 Å². The lowest BCUT2D eigenvalue weighted by atomic mass is 10.0. The fourth-order valence-electron chi connectivity index (χ4n) is 1.73. The van der Waals surface area contributed by atoms with Crippen LogP contribution in [0.1, 0.15) is 6.92 Å². The van der Waals surface area contributed by atoms with Gasteiger partial charge in [-0.1, -0.05) is 61.3 Å². The number of benzene rings is 2. The molecule has 0 N–H and O–H groups in total. The second-order valence-electron chi connectivity index (χ2n) is 3.60. The van der Waals surface area contributed by atoms with Crippen LogP contribution in [0.2, 0.25) is 0 Å². The van der Waals surface area contributed by atoms with Crippen LogP contribution in [-0.4, -0.2) is 6.54 Å². The normalized spacial score (nSPS) is 10.1. The van der Waals surface area contributed by atoms with Gasteiger partial charge in [0, 0.05) is 12.1 Å². The van der Waals surface area contributed by atoms with Crippen LogP contribution in [0, 0.1) is 0 Å². The van der Waals surface area contributed by atoms with E-state index in [1.54, 1.807) is 0 Å². The van der Waals surface area contributed by atoms with Gasteiger partial charge in [-0.25, -0.2) is 0 Å². The van der Waals surface area contributed by atoms with E-state index in [0.29, 0.717) is 0 Å². The molecule has 0 heterocycles. The number of anilines is 1. The molecule has 2 heteroatoms. The van der Waals surface area contributed by atoms with Crippen molar-refractivity contribution in [3.63, 3.8) is 0 Å². The first-order valence-corrected chi connectivity index (χ1v) is 5.83. The van der Waals surface area contributed by atoms with Gasteiger partial charge in [0.2, 0.25) is 0 Å². The fraction of sp³-hybridized carbons (Fsp3) is 0.143. The highest BCUT2D eigenvalue weighted by atomic mass is 32.1. The van der Waals surface area contributed by atoms with Gasteiger partial charge >= 0.3 is 0 Å². The first-order valence-electron chi connectivity index (χ1n) is 5.43. The van der Waals surface area contributed by atoms with E-state index >= 15 is 0 Å². The van der Waals surface area contributed by atoms with Crippen LogP contribution >= 0.6 is 12.8 Å². The molecule has 2 rings (SSSR count). The molecule has 2 aromatic carbocycles. The Morgan fingerprint density at radius 1 is 0.938 bits per heavy atom. The van der Waals surface area contributed by atoms with Crippen molar-refractivity contribution < 1.29 is 0 Å². The highest BCUT2D eigenvalue weighted by Gasteiger charge is 2.07. The maximum atomic E-state index is 4.47. The van der Waals surface area contributed by atoms with Crippen LogP contribution in [0.4, 0.5) is 5.69 Å². The van der Waals surface area contributed by atoms with E-state index in [9.17, 15) is 0 Å². The summed E-state index contributed by atoms with van der Waals surface area (Å²) >= 11 is 4.47. The number of rotatable bonds is 3. The van der Waals surface area contributed by atoms with E-state index in [4.69, 9.17) is 0 Å². The summed E-state index contributed by atoms with van der Waals surface area (Å²) in [5.41, 5.74) is 3.60. The predicted octanol–water partition coefficient (Wildman–Crippen LogP) is 4.02. The lowest BCUT2D eigenvalue weighted by molar-refractivity contribution is 1.12. The molecule has 0 aromatic heterocycles. The number of nitrogens with zero attached hydrogens (tertiary/aromatic N) is 1. The van der Waals surface area contributed by atoms with E-state index in [1.807, 2.05) is 16.4 Å². The van der Waals surface area contributed by atoms with Gasteiger partial charge in [-0.05, 0) is 18.6 Å². The molecule has 0 unspecified atom stereocenters. The molecule has 0 saturated heterocycles. The van der Waals surface area contributed by atoms with Crippen molar-refractivity contribution >= 4 is 18.5 Å². The van der Waals surface area contributed by atoms with Crippen molar-refractivity contribution in [2.75, 3.05) is 10.8 Å². The Kier molecular flexibility index (Phi) is 3.52. The van der Waals surface area contributed by atoms with Gasteiger partial charge in [-0.15, -0.1) is 0 Å². The Hall–Kier alpha value is -1.41. The number of hydrogen-bond donors (Lipinski definition) is 1. The van der Waals surface area contributed by atoms with Gasteiger partial charge < -0.3 is 4.31 Å². The molecule has 0 radical (unpaired) electrons. The third kappa shape index (κ3) is 2.22. The summed E-state index contributed by atoms with van der Waals surface area (Å²) in [5.74, 6) is 0. The van der Waals surface area contributed by atoms with Crippen LogP contribution in [0.25, 0.3) is 11.1 Å². The lowest BCUT2D eigenvalue weighted by Crippen LogP contribution is -2.09. The Bertz CT molecular complexity index is 453. The summed E-state index contributed by atoms with van der Waals surface area (Å²) in [4.78, 5) is 0. The molecule has 0 spiro atoms. The largest absolute Gasteiger partial charge is 0.318 e. The Balaban J connectivity index is 2.49. The maximum Gasteiger partial charge on any atom is 0.0545 e. The number of hydrogen-bond acceptors (Lipinski definition) is 2. The van der Waals surface area contributed by atoms with Crippen molar-refractivity contribution in [3.8, 4) is 11.1 Å². The molecule has 0 aliphatic heterocycles. The predicted molar refractivity (Wildman–Crippen MR) is 73.9 cm³/mol. The Morgan fingerprint density at radius 2 is 1.56 bits per heavy atom. The zero-order valence-corrected chi connectivity index (χ0v) is 10.2. The van der Waals surface area contributed by atoms with E-state index in [-0.39, 0.29) is 0 Å². The van der Waals surface area contributed by atoms with Crippen LogP contribution in [0.15, 0.2) is 54.6 Å². The molecule has 0 atom stereocenters. The molecule has 0 aliphatic carbocycles. The van der Waals surface area contributed by atoms with Crippen LogP contribution in [-0.2, 0) is 0 Å². The molecule has 1 nitrogen and oxygen atoms in total. The van der Waals surface area contributed by atoms with Crippen molar-refractivity contribution in [1.82, 2.24) is 0 Å². The molecule has 0 saturated carbocycles. The first-order chi connectivity index (χ1) is 7.83. The van der Waals surface area contributed by atoms with Gasteiger partial charge in [0.15, 0.2) is 0 Å². The molecule has 0 aliphatic rings. The molecule has 0 bridgehead atoms. The highest BCUT2D eigenvalue weighted by molar-refractivity contribution is 7.81. The Labute approximate surface area is 102 Å². The fourth-order valence-corrected chi connectivity index (χ4v) is 1.91. The maximum absolute atomic E-state index is 4.47. The Morgan fingerprint density at radius 3 is 2.25 bits per heavy atom. The zero-order chi connectivity index (χ0) is 11.4. The van der Waals surface area contributed by atoms with Gasteiger partial charge in [-0.3, -0.25) is 0 Å². The van der Waals surface area contributed by atoms with Crippen LogP contribution < -0.4 is 4.31 Å². The average Bonchev–Trinajstić information content (AvgIpc) is 2.39. The van der Waals surface area contributed by atoms with Gasteiger partial charge in [-0.2, -0.15) is 0 Å². The third-order valence-corrected chi connectivity index (χ3v) is 3.06. The topological polar surface area (TPSA) is 3.24 Å². The van der Waals surface area contributed by atoms with Crippen molar-refractivity contribution in [3.05, 3.63) is 54.6 Å². The standard InChI is InChI=1S/C14H15NS/c1-2-15(16)14-11-7-6-10-13(14)12-8-4-3-5-9-12/h3-11,16H,2H2,1H3. The lowest BCUT2D eigenvalue weighted by Gasteiger charge is -2.19. The van der Waals surface area contributed by atoms with Gasteiger partial charge in [0.05, 0.1) is 5.69 Å². The summed E-state index contributed by atoms with van der Waals surface area (Å²) < 4.78 is 1.96. The van der Waals surface area contributed by atoms with Crippen LogP contribution in [0.5, 0.6) is 0 Å². The third-order valence-electron chi connectivity index (χ3n) is 2.57. The second-order valence-corrected chi connectivity index (χ2v) is 4.08. The quantitative estimate of drug-likeness (QED) is 0.778. The van der Waals surface area contributed by atoms with Gasteiger partial charge in [0.1, 0.15) is 0 Å². The molecule has 0 fully saturated rings. The molecule has 0 amide bonds. The average molecular weight is 229 g/mol. The number of thiol groups is 1. The summed E-state index contributed by atoms with van der Waals surface area (Å²) in [6, 6.07) is 18.7. The molecule has 2 aromatic rings. The minimum atomic E-state index is 0.882. The summed E-state index contributed by atoms with van der Waals surface area (Å²) in [7, 11) is 0. The van der Waals surface area contributed by atoms with Crippen molar-refractivity contribution in [2.24, 2.45) is 0 Å². The molecule has 82 valence electrons. The SMILES string of the molecule is CCN(S)c1ccccc1-c1ccccc1. The van der Waals surface area contributed by atoms with Gasteiger partial charge in [0.25, 0.3) is 0 Å². The van der Waals surface area contributed by atoms with E-state index < -0.39 is 0 Å². The van der Waals surface area contributed by atoms with E-state index in [0.717, 1.165) is 12.2 Å². The summed E-state index contributed by atoms with van der Waals surface area (Å²) in [5, 5.41) is 0. The van der Waals surface area contributed by atoms with Crippen LogP contribution in [0.3, 0.4) is 0 Å². The van der Waals surface area contributed by atoms with E-state index in [1.165, 1.54) is 11.1 Å². The van der Waals surface area contributed by atoms with Crippen molar-refractivity contribution in [1.29, 1.82) is 0 Å². The molecular weight excluding hydrogens is 214 g/mol. The zero-order valence-electron chi connectivity index (χ0n) is 9.30. The molecular formula is C14H15NS. The summed E-state index contributed by atoms with van der Waals surface area (Å²) in [6.07, 6.45) is 0. The minimum Gasteiger partial charge on any atom is -0.318 e. The minimum absolute atomic E-state index is 0.882. The highest BCUT2D eigenvalue weighted by Crippen LogP contribution is 2.31.